The summed E-state index contributed by atoms with van der Waals surface area (Å²) in [5, 5.41) is 12.8. The first-order valence-corrected chi connectivity index (χ1v) is 7.35. The molecular formula is C15H14N4OS. The van der Waals surface area contributed by atoms with Gasteiger partial charge in [-0.2, -0.15) is 0 Å². The summed E-state index contributed by atoms with van der Waals surface area (Å²) in [5.41, 5.74) is 2.55. The third kappa shape index (κ3) is 3.00. The van der Waals surface area contributed by atoms with Crippen molar-refractivity contribution in [2.45, 2.75) is 13.5 Å². The molecular weight excluding hydrogens is 284 g/mol. The number of carbonyl (C=O) groups is 1. The number of rotatable bonds is 4. The Kier molecular flexibility index (Phi) is 3.79. The minimum atomic E-state index is -0.106. The zero-order chi connectivity index (χ0) is 14.7. The number of nitrogens with zero attached hydrogens (tertiary/aromatic N) is 2. The van der Waals surface area contributed by atoms with Crippen molar-refractivity contribution in [3.05, 3.63) is 58.9 Å². The zero-order valence-electron chi connectivity index (χ0n) is 11.5. The van der Waals surface area contributed by atoms with Crippen molar-refractivity contribution >= 4 is 17.2 Å². The summed E-state index contributed by atoms with van der Waals surface area (Å²) in [4.78, 5) is 15.0. The van der Waals surface area contributed by atoms with Gasteiger partial charge in [-0.3, -0.25) is 4.79 Å². The van der Waals surface area contributed by atoms with Crippen LogP contribution in [0.15, 0.2) is 42.6 Å². The molecule has 2 N–H and O–H groups in total. The Bertz CT molecular complexity index is 748. The van der Waals surface area contributed by atoms with Gasteiger partial charge >= 0.3 is 0 Å². The maximum atomic E-state index is 12.0. The van der Waals surface area contributed by atoms with E-state index in [1.165, 1.54) is 11.3 Å². The molecule has 1 amide bonds. The maximum Gasteiger partial charge on any atom is 0.253 e. The molecule has 0 atom stereocenters. The van der Waals surface area contributed by atoms with Gasteiger partial charge in [0.15, 0.2) is 0 Å². The van der Waals surface area contributed by atoms with Gasteiger partial charge in [-0.05, 0) is 13.0 Å². The molecule has 3 rings (SSSR count). The van der Waals surface area contributed by atoms with E-state index in [2.05, 4.69) is 20.5 Å². The Balaban J connectivity index is 1.66. The fourth-order valence-corrected chi connectivity index (χ4v) is 2.76. The second-order valence-electron chi connectivity index (χ2n) is 4.57. The second kappa shape index (κ2) is 5.88. The van der Waals surface area contributed by atoms with Crippen LogP contribution in [0.25, 0.3) is 10.6 Å². The van der Waals surface area contributed by atoms with Crippen molar-refractivity contribution in [3.8, 4) is 10.6 Å². The van der Waals surface area contributed by atoms with E-state index in [1.807, 2.05) is 37.3 Å². The molecule has 6 heteroatoms. The normalized spacial score (nSPS) is 10.5. The van der Waals surface area contributed by atoms with Crippen LogP contribution in [0.3, 0.4) is 0 Å². The number of aryl methyl sites for hydroxylation is 1. The molecule has 1 aromatic carbocycles. The van der Waals surface area contributed by atoms with Gasteiger partial charge in [-0.25, -0.2) is 0 Å². The summed E-state index contributed by atoms with van der Waals surface area (Å²) in [6.45, 7) is 2.25. The minimum Gasteiger partial charge on any atom is -0.365 e. The summed E-state index contributed by atoms with van der Waals surface area (Å²) in [6.07, 6.45) is 1.75. The number of hydrogen-bond donors (Lipinski definition) is 2. The summed E-state index contributed by atoms with van der Waals surface area (Å²) in [6, 6.07) is 11.6. The molecule has 2 aromatic heterocycles. The molecule has 5 nitrogen and oxygen atoms in total. The largest absolute Gasteiger partial charge is 0.365 e. The molecule has 0 radical (unpaired) electrons. The number of nitrogens with one attached hydrogen (secondary N) is 2. The van der Waals surface area contributed by atoms with Gasteiger partial charge in [0.05, 0.1) is 12.1 Å². The summed E-state index contributed by atoms with van der Waals surface area (Å²) in [5.74, 6) is -0.106. The van der Waals surface area contributed by atoms with Crippen LogP contribution in [0.1, 0.15) is 21.1 Å². The predicted octanol–water partition coefficient (Wildman–Crippen LogP) is 2.77. The molecule has 0 aliphatic rings. The number of amides is 1. The van der Waals surface area contributed by atoms with Crippen molar-refractivity contribution in [1.82, 2.24) is 20.5 Å². The minimum absolute atomic E-state index is 0.106. The molecule has 0 bridgehead atoms. The highest BCUT2D eigenvalue weighted by Gasteiger charge is 2.11. The Labute approximate surface area is 126 Å². The fourth-order valence-electron chi connectivity index (χ4n) is 1.97. The predicted molar refractivity (Wildman–Crippen MR) is 82.0 cm³/mol. The highest BCUT2D eigenvalue weighted by molar-refractivity contribution is 7.14. The zero-order valence-corrected chi connectivity index (χ0v) is 12.3. The Morgan fingerprint density at radius 2 is 2.05 bits per heavy atom. The van der Waals surface area contributed by atoms with Gasteiger partial charge in [0, 0.05) is 17.5 Å². The van der Waals surface area contributed by atoms with Gasteiger partial charge in [-0.15, -0.1) is 10.2 Å². The molecule has 0 spiro atoms. The van der Waals surface area contributed by atoms with Crippen molar-refractivity contribution in [2.24, 2.45) is 0 Å². The lowest BCUT2D eigenvalue weighted by Gasteiger charge is -2.01. The number of H-pyrrole nitrogens is 1. The molecule has 106 valence electrons. The van der Waals surface area contributed by atoms with Gasteiger partial charge in [0.1, 0.15) is 10.0 Å². The van der Waals surface area contributed by atoms with Crippen LogP contribution in [0.4, 0.5) is 0 Å². The molecule has 2 heterocycles. The highest BCUT2D eigenvalue weighted by atomic mass is 32.1. The molecule has 0 saturated carbocycles. The van der Waals surface area contributed by atoms with E-state index in [0.29, 0.717) is 12.1 Å². The summed E-state index contributed by atoms with van der Waals surface area (Å²) in [7, 11) is 0. The molecule has 0 saturated heterocycles. The molecule has 21 heavy (non-hydrogen) atoms. The van der Waals surface area contributed by atoms with Crippen LogP contribution in [0.5, 0.6) is 0 Å². The van der Waals surface area contributed by atoms with E-state index in [-0.39, 0.29) is 5.91 Å². The first kappa shape index (κ1) is 13.5. The third-order valence-corrected chi connectivity index (χ3v) is 4.06. The number of benzene rings is 1. The Morgan fingerprint density at radius 1 is 1.24 bits per heavy atom. The van der Waals surface area contributed by atoms with Crippen molar-refractivity contribution in [1.29, 1.82) is 0 Å². The lowest BCUT2D eigenvalue weighted by molar-refractivity contribution is 0.0950. The Morgan fingerprint density at radius 3 is 2.76 bits per heavy atom. The number of aromatic amines is 1. The first-order valence-electron chi connectivity index (χ1n) is 6.54. The lowest BCUT2D eigenvalue weighted by atomic mass is 10.2. The molecule has 0 aliphatic heterocycles. The second-order valence-corrected chi connectivity index (χ2v) is 5.63. The quantitative estimate of drug-likeness (QED) is 0.778. The van der Waals surface area contributed by atoms with E-state index >= 15 is 0 Å². The van der Waals surface area contributed by atoms with Crippen LogP contribution in [0.2, 0.25) is 0 Å². The number of aromatic nitrogens is 3. The van der Waals surface area contributed by atoms with Crippen LogP contribution >= 0.6 is 11.3 Å². The van der Waals surface area contributed by atoms with Gasteiger partial charge in [0.25, 0.3) is 5.91 Å². The standard InChI is InChI=1S/C15H14N4OS/c1-10-12(7-8-16-10)14(20)17-9-13-18-19-15(21-13)11-5-3-2-4-6-11/h2-8,16H,9H2,1H3,(H,17,20). The topological polar surface area (TPSA) is 70.7 Å². The van der Waals surface area contributed by atoms with Crippen molar-refractivity contribution in [3.63, 3.8) is 0 Å². The van der Waals surface area contributed by atoms with E-state index in [4.69, 9.17) is 0 Å². The number of hydrogen-bond acceptors (Lipinski definition) is 4. The van der Waals surface area contributed by atoms with Crippen LogP contribution in [-0.2, 0) is 6.54 Å². The highest BCUT2D eigenvalue weighted by Crippen LogP contribution is 2.22. The monoisotopic (exact) mass is 298 g/mol. The summed E-state index contributed by atoms with van der Waals surface area (Å²) < 4.78 is 0. The third-order valence-electron chi connectivity index (χ3n) is 3.09. The van der Waals surface area contributed by atoms with Crippen LogP contribution in [0, 0.1) is 6.92 Å². The smallest absolute Gasteiger partial charge is 0.253 e. The van der Waals surface area contributed by atoms with Crippen LogP contribution < -0.4 is 5.32 Å². The van der Waals surface area contributed by atoms with Crippen LogP contribution in [-0.4, -0.2) is 21.1 Å². The van der Waals surface area contributed by atoms with Gasteiger partial charge < -0.3 is 10.3 Å². The SMILES string of the molecule is Cc1[nH]ccc1C(=O)NCc1nnc(-c2ccccc2)s1. The molecule has 3 aromatic rings. The fraction of sp³-hybridized carbons (Fsp3) is 0.133. The van der Waals surface area contributed by atoms with E-state index < -0.39 is 0 Å². The Hall–Kier alpha value is -2.47. The number of carbonyl (C=O) groups excluding carboxylic acids is 1. The van der Waals surface area contributed by atoms with E-state index in [9.17, 15) is 4.79 Å². The molecule has 0 unspecified atom stereocenters. The van der Waals surface area contributed by atoms with Gasteiger partial charge in [0.2, 0.25) is 0 Å². The van der Waals surface area contributed by atoms with Crippen molar-refractivity contribution in [2.75, 3.05) is 0 Å². The molecule has 0 fully saturated rings. The average molecular weight is 298 g/mol. The van der Waals surface area contributed by atoms with E-state index in [1.54, 1.807) is 12.3 Å². The van der Waals surface area contributed by atoms with E-state index in [0.717, 1.165) is 21.3 Å². The van der Waals surface area contributed by atoms with Gasteiger partial charge in [-0.1, -0.05) is 41.7 Å². The summed E-state index contributed by atoms with van der Waals surface area (Å²) >= 11 is 1.48. The maximum absolute atomic E-state index is 12.0. The van der Waals surface area contributed by atoms with Crippen molar-refractivity contribution < 1.29 is 4.79 Å². The molecule has 0 aliphatic carbocycles. The first-order chi connectivity index (χ1) is 10.2. The average Bonchev–Trinajstić information content (AvgIpc) is 3.15. The lowest BCUT2D eigenvalue weighted by Crippen LogP contribution is -2.22.